The summed E-state index contributed by atoms with van der Waals surface area (Å²) in [6, 6.07) is 2.73. The van der Waals surface area contributed by atoms with Crippen LogP contribution >= 0.6 is 0 Å². The molecule has 2 rings (SSSR count). The molecule has 0 N–H and O–H groups in total. The van der Waals surface area contributed by atoms with Gasteiger partial charge in [-0.1, -0.05) is 0 Å². The van der Waals surface area contributed by atoms with Crippen LogP contribution in [-0.2, 0) is 9.53 Å². The minimum Gasteiger partial charge on any atom is -0.792 e. The lowest BCUT2D eigenvalue weighted by Gasteiger charge is -2.28. The van der Waals surface area contributed by atoms with E-state index in [1.165, 1.54) is 25.4 Å². The molecule has 0 radical (unpaired) electrons. The van der Waals surface area contributed by atoms with Crippen LogP contribution in [0.15, 0.2) is 23.5 Å². The standard InChI is InChI=1S/C14H17FN2O3/c1-20-14(18)10-6-4-9(5-7-10)12(17-19)13-11(15)3-2-8-16-13/h2-3,8-10,19H,4-7H2,1H3/p-1/b17-12+. The zero-order valence-corrected chi connectivity index (χ0v) is 11.2. The van der Waals surface area contributed by atoms with Crippen LogP contribution < -0.4 is 0 Å². The molecule has 0 atom stereocenters. The Morgan fingerprint density at radius 1 is 1.40 bits per heavy atom. The lowest BCUT2D eigenvalue weighted by Crippen LogP contribution is -2.28. The smallest absolute Gasteiger partial charge is 0.308 e. The first-order chi connectivity index (χ1) is 9.67. The van der Waals surface area contributed by atoms with Gasteiger partial charge in [-0.2, -0.15) is 0 Å². The summed E-state index contributed by atoms with van der Waals surface area (Å²) < 4.78 is 18.4. The fourth-order valence-corrected chi connectivity index (χ4v) is 2.65. The van der Waals surface area contributed by atoms with Crippen molar-refractivity contribution in [1.82, 2.24) is 4.98 Å². The minimum atomic E-state index is -0.544. The highest BCUT2D eigenvalue weighted by molar-refractivity contribution is 6.01. The Labute approximate surface area is 116 Å². The van der Waals surface area contributed by atoms with Gasteiger partial charge in [-0.3, -0.25) is 9.78 Å². The normalized spacial score (nSPS) is 23.4. The summed E-state index contributed by atoms with van der Waals surface area (Å²) >= 11 is 0. The van der Waals surface area contributed by atoms with E-state index in [1.807, 2.05) is 0 Å². The van der Waals surface area contributed by atoms with Crippen LogP contribution in [0.25, 0.3) is 0 Å². The van der Waals surface area contributed by atoms with Gasteiger partial charge in [0, 0.05) is 12.1 Å². The van der Waals surface area contributed by atoms with E-state index in [2.05, 4.69) is 10.1 Å². The molecule has 0 amide bonds. The van der Waals surface area contributed by atoms with Gasteiger partial charge in [0.05, 0.1) is 18.7 Å². The number of hydrogen-bond acceptors (Lipinski definition) is 5. The molecule has 0 spiro atoms. The molecule has 1 fully saturated rings. The molecule has 0 bridgehead atoms. The summed E-state index contributed by atoms with van der Waals surface area (Å²) in [5, 5.41) is 14.0. The number of ether oxygens (including phenoxy) is 1. The van der Waals surface area contributed by atoms with Crippen molar-refractivity contribution in [3.05, 3.63) is 35.0 Å². The summed E-state index contributed by atoms with van der Waals surface area (Å²) in [5.74, 6) is -1.07. The van der Waals surface area contributed by atoms with Gasteiger partial charge in [0.2, 0.25) is 0 Å². The third kappa shape index (κ3) is 2.95. The summed E-state index contributed by atoms with van der Waals surface area (Å²) in [4.78, 5) is 15.3. The lowest BCUT2D eigenvalue weighted by atomic mass is 9.79. The topological polar surface area (TPSA) is 74.6 Å². The molecule has 0 unspecified atom stereocenters. The number of nitrogens with zero attached hydrogens (tertiary/aromatic N) is 2. The highest BCUT2D eigenvalue weighted by atomic mass is 19.1. The molecule has 1 aliphatic rings. The van der Waals surface area contributed by atoms with Crippen LogP contribution in [0.5, 0.6) is 0 Å². The van der Waals surface area contributed by atoms with Gasteiger partial charge in [-0.25, -0.2) is 4.39 Å². The monoisotopic (exact) mass is 279 g/mol. The van der Waals surface area contributed by atoms with E-state index < -0.39 is 5.82 Å². The predicted octanol–water partition coefficient (Wildman–Crippen LogP) is 2.49. The van der Waals surface area contributed by atoms with E-state index in [0.29, 0.717) is 25.7 Å². The molecule has 1 aliphatic carbocycles. The Hall–Kier alpha value is -1.98. The van der Waals surface area contributed by atoms with Crippen LogP contribution in [0.1, 0.15) is 31.4 Å². The van der Waals surface area contributed by atoms with Crippen molar-refractivity contribution >= 4 is 11.7 Å². The van der Waals surface area contributed by atoms with E-state index in [1.54, 1.807) is 0 Å². The molecular weight excluding hydrogens is 263 g/mol. The highest BCUT2D eigenvalue weighted by Crippen LogP contribution is 2.32. The fourth-order valence-electron chi connectivity index (χ4n) is 2.65. The Balaban J connectivity index is 2.09. The molecule has 0 saturated heterocycles. The number of carbonyl (C=O) groups is 1. The third-order valence-corrected chi connectivity index (χ3v) is 3.75. The number of aromatic nitrogens is 1. The number of halogens is 1. The third-order valence-electron chi connectivity index (χ3n) is 3.75. The molecule has 1 heterocycles. The molecule has 6 heteroatoms. The summed E-state index contributed by atoms with van der Waals surface area (Å²) in [6.45, 7) is 0. The van der Waals surface area contributed by atoms with Crippen molar-refractivity contribution < 1.29 is 13.9 Å². The summed E-state index contributed by atoms with van der Waals surface area (Å²) in [6.07, 6.45) is 3.88. The molecule has 0 aromatic carbocycles. The summed E-state index contributed by atoms with van der Waals surface area (Å²) in [7, 11) is 1.36. The van der Waals surface area contributed by atoms with Crippen molar-refractivity contribution in [2.45, 2.75) is 25.7 Å². The van der Waals surface area contributed by atoms with E-state index in [0.717, 1.165) is 0 Å². The Kier molecular flexibility index (Phi) is 4.65. The fraction of sp³-hybridized carbons (Fsp3) is 0.500. The summed E-state index contributed by atoms with van der Waals surface area (Å²) in [5.41, 5.74) is 0.162. The van der Waals surface area contributed by atoms with Crippen LogP contribution in [0.4, 0.5) is 4.39 Å². The second-order valence-corrected chi connectivity index (χ2v) is 4.88. The minimum absolute atomic E-state index is 0.0176. The quantitative estimate of drug-likeness (QED) is 0.484. The number of methoxy groups -OCH3 is 1. The van der Waals surface area contributed by atoms with Gasteiger partial charge in [0.15, 0.2) is 5.82 Å². The van der Waals surface area contributed by atoms with Crippen molar-refractivity contribution in [3.63, 3.8) is 0 Å². The number of esters is 1. The average Bonchev–Trinajstić information content (AvgIpc) is 2.50. The largest absolute Gasteiger partial charge is 0.792 e. The van der Waals surface area contributed by atoms with E-state index in [4.69, 9.17) is 4.74 Å². The number of hydrogen-bond donors (Lipinski definition) is 0. The van der Waals surface area contributed by atoms with E-state index in [9.17, 15) is 14.4 Å². The van der Waals surface area contributed by atoms with Gasteiger partial charge < -0.3 is 15.1 Å². The highest BCUT2D eigenvalue weighted by Gasteiger charge is 2.30. The molecule has 1 aromatic heterocycles. The van der Waals surface area contributed by atoms with Crippen LogP contribution in [0.2, 0.25) is 0 Å². The van der Waals surface area contributed by atoms with Crippen molar-refractivity contribution in [2.24, 2.45) is 17.0 Å². The van der Waals surface area contributed by atoms with Gasteiger partial charge in [0.1, 0.15) is 5.69 Å². The first-order valence-corrected chi connectivity index (χ1v) is 6.56. The second kappa shape index (κ2) is 6.45. The molecule has 20 heavy (non-hydrogen) atoms. The first-order valence-electron chi connectivity index (χ1n) is 6.56. The number of rotatable bonds is 3. The maximum Gasteiger partial charge on any atom is 0.308 e. The van der Waals surface area contributed by atoms with E-state index >= 15 is 0 Å². The van der Waals surface area contributed by atoms with Crippen LogP contribution in [-0.4, -0.2) is 23.8 Å². The van der Waals surface area contributed by atoms with E-state index in [-0.39, 0.29) is 29.2 Å². The number of carbonyl (C=O) groups excluding carboxylic acids is 1. The molecular formula is C14H16FN2O3-. The van der Waals surface area contributed by atoms with Crippen molar-refractivity contribution in [2.75, 3.05) is 7.11 Å². The molecule has 1 saturated carbocycles. The zero-order valence-electron chi connectivity index (χ0n) is 11.2. The first kappa shape index (κ1) is 14.4. The zero-order chi connectivity index (χ0) is 14.5. The molecule has 0 aliphatic heterocycles. The Morgan fingerprint density at radius 3 is 2.60 bits per heavy atom. The maximum absolute atomic E-state index is 13.7. The van der Waals surface area contributed by atoms with Gasteiger partial charge >= 0.3 is 5.97 Å². The van der Waals surface area contributed by atoms with Gasteiger partial charge in [0.25, 0.3) is 0 Å². The lowest BCUT2D eigenvalue weighted by molar-refractivity contribution is -0.146. The average molecular weight is 279 g/mol. The molecule has 5 nitrogen and oxygen atoms in total. The Morgan fingerprint density at radius 2 is 2.05 bits per heavy atom. The van der Waals surface area contributed by atoms with Crippen molar-refractivity contribution in [1.29, 1.82) is 0 Å². The number of pyridine rings is 1. The van der Waals surface area contributed by atoms with Crippen molar-refractivity contribution in [3.8, 4) is 0 Å². The second-order valence-electron chi connectivity index (χ2n) is 4.88. The maximum atomic E-state index is 13.7. The predicted molar refractivity (Wildman–Crippen MR) is 71.6 cm³/mol. The van der Waals surface area contributed by atoms with Gasteiger partial charge in [-0.05, 0) is 37.8 Å². The van der Waals surface area contributed by atoms with Crippen LogP contribution in [0.3, 0.4) is 0 Å². The Bertz CT molecular complexity index is 511. The molecule has 108 valence electrons. The molecule has 1 aromatic rings. The van der Waals surface area contributed by atoms with Crippen LogP contribution in [0, 0.1) is 22.9 Å². The SMILES string of the molecule is COC(=O)C1CCC(/C(=N\[O-])c2ncccc2F)CC1. The van der Waals surface area contributed by atoms with Gasteiger partial charge in [-0.15, -0.1) is 0 Å².